The fourth-order valence-electron chi connectivity index (χ4n) is 2.28. The van der Waals surface area contributed by atoms with E-state index >= 15 is 0 Å². The van der Waals surface area contributed by atoms with Crippen molar-refractivity contribution in [3.63, 3.8) is 0 Å². The van der Waals surface area contributed by atoms with Crippen LogP contribution in [-0.2, 0) is 6.42 Å². The SMILES string of the molecule is C[Si](C)(C)c1ccc(CC(I)CC(F)(F)C(F)(F)C(F)(F)C(F)(F)F)cc1. The molecule has 0 aliphatic heterocycles. The zero-order valence-corrected chi connectivity index (χ0v) is 17.7. The van der Waals surface area contributed by atoms with Gasteiger partial charge in [0.15, 0.2) is 0 Å². The van der Waals surface area contributed by atoms with Crippen molar-refractivity contribution in [1.29, 1.82) is 0 Å². The highest BCUT2D eigenvalue weighted by molar-refractivity contribution is 14.1. The Morgan fingerprint density at radius 1 is 0.815 bits per heavy atom. The zero-order valence-electron chi connectivity index (χ0n) is 14.6. The second-order valence-corrected chi connectivity index (χ2v) is 14.1. The van der Waals surface area contributed by atoms with Gasteiger partial charge in [-0.05, 0) is 12.0 Å². The van der Waals surface area contributed by atoms with Crippen molar-refractivity contribution in [2.45, 2.75) is 60.4 Å². The lowest BCUT2D eigenvalue weighted by molar-refractivity contribution is -0.396. The van der Waals surface area contributed by atoms with Crippen LogP contribution in [0, 0.1) is 0 Å². The van der Waals surface area contributed by atoms with Gasteiger partial charge in [0.05, 0.1) is 8.07 Å². The molecule has 0 radical (unpaired) electrons. The van der Waals surface area contributed by atoms with Crippen LogP contribution >= 0.6 is 22.6 Å². The van der Waals surface area contributed by atoms with E-state index in [0.717, 1.165) is 5.19 Å². The second-order valence-electron chi connectivity index (χ2n) is 7.30. The minimum absolute atomic E-state index is 0.171. The van der Waals surface area contributed by atoms with Gasteiger partial charge in [-0.1, -0.05) is 71.7 Å². The highest BCUT2D eigenvalue weighted by Gasteiger charge is 2.81. The molecule has 0 N–H and O–H groups in total. The smallest absolute Gasteiger partial charge is 0.200 e. The molecule has 0 aromatic heterocycles. The monoisotopic (exact) mass is 536 g/mol. The van der Waals surface area contributed by atoms with Crippen molar-refractivity contribution in [3.8, 4) is 0 Å². The number of benzene rings is 1. The molecule has 1 unspecified atom stereocenters. The minimum atomic E-state index is -6.83. The van der Waals surface area contributed by atoms with E-state index in [-0.39, 0.29) is 6.42 Å². The first-order valence-corrected chi connectivity index (χ1v) is 12.5. The van der Waals surface area contributed by atoms with Crippen LogP contribution in [0.15, 0.2) is 24.3 Å². The van der Waals surface area contributed by atoms with Crippen molar-refractivity contribution in [2.24, 2.45) is 0 Å². The summed E-state index contributed by atoms with van der Waals surface area (Å²) >= 11 is 1.35. The number of halogens is 10. The third kappa shape index (κ3) is 5.33. The van der Waals surface area contributed by atoms with Gasteiger partial charge in [-0.3, -0.25) is 0 Å². The Bertz CT molecular complexity index is 633. The Hall–Kier alpha value is -0.463. The Morgan fingerprint density at radius 2 is 1.26 bits per heavy atom. The lowest BCUT2D eigenvalue weighted by Crippen LogP contribution is -2.61. The summed E-state index contributed by atoms with van der Waals surface area (Å²) in [5.41, 5.74) is 0.498. The molecule has 0 heterocycles. The lowest BCUT2D eigenvalue weighted by atomic mass is 9.97. The molecule has 0 aliphatic carbocycles. The van der Waals surface area contributed by atoms with Gasteiger partial charge in [0, 0.05) is 10.3 Å². The molecular weight excluding hydrogens is 518 g/mol. The van der Waals surface area contributed by atoms with Crippen LogP contribution in [0.4, 0.5) is 39.5 Å². The third-order valence-corrected chi connectivity index (χ3v) is 6.91. The van der Waals surface area contributed by atoms with Crippen molar-refractivity contribution in [1.82, 2.24) is 0 Å². The first-order chi connectivity index (χ1) is 11.8. The van der Waals surface area contributed by atoms with Gasteiger partial charge in [-0.2, -0.15) is 39.5 Å². The number of alkyl halides is 10. The van der Waals surface area contributed by atoms with E-state index < -0.39 is 42.4 Å². The van der Waals surface area contributed by atoms with Crippen molar-refractivity contribution in [2.75, 3.05) is 0 Å². The first kappa shape index (κ1) is 24.6. The summed E-state index contributed by atoms with van der Waals surface area (Å²) in [6, 6.07) is 6.77. The van der Waals surface area contributed by atoms with E-state index in [9.17, 15) is 39.5 Å². The van der Waals surface area contributed by atoms with Crippen LogP contribution < -0.4 is 5.19 Å². The highest BCUT2D eigenvalue weighted by Crippen LogP contribution is 2.54. The predicted octanol–water partition coefficient (Wildman–Crippen LogP) is 6.44. The van der Waals surface area contributed by atoms with Crippen LogP contribution in [0.1, 0.15) is 12.0 Å². The summed E-state index contributed by atoms with van der Waals surface area (Å²) < 4.78 is 115. The molecule has 0 aliphatic rings. The predicted molar refractivity (Wildman–Crippen MR) is 96.4 cm³/mol. The average molecular weight is 536 g/mol. The van der Waals surface area contributed by atoms with Crippen LogP contribution in [0.5, 0.6) is 0 Å². The quantitative estimate of drug-likeness (QED) is 0.163. The van der Waals surface area contributed by atoms with Gasteiger partial charge in [-0.25, -0.2) is 0 Å². The summed E-state index contributed by atoms with van der Waals surface area (Å²) in [4.78, 5) is 0. The maximum Gasteiger partial charge on any atom is 0.460 e. The van der Waals surface area contributed by atoms with Crippen molar-refractivity contribution in [3.05, 3.63) is 29.8 Å². The molecule has 1 aromatic carbocycles. The fraction of sp³-hybridized carbons (Fsp3) is 0.625. The van der Waals surface area contributed by atoms with Crippen LogP contribution in [0.2, 0.25) is 19.6 Å². The van der Waals surface area contributed by atoms with E-state index in [2.05, 4.69) is 19.6 Å². The van der Waals surface area contributed by atoms with Crippen LogP contribution in [-0.4, -0.2) is 35.9 Å². The standard InChI is InChI=1S/C16H18F9ISi/c1-27(2,3)12-6-4-10(5-7-12)8-11(26)9-13(17,18)14(19,20)15(21,22)16(23,24)25/h4-7,11H,8-9H2,1-3H3. The average Bonchev–Trinajstić information content (AvgIpc) is 2.44. The Labute approximate surface area is 165 Å². The third-order valence-electron chi connectivity index (χ3n) is 3.96. The Kier molecular flexibility index (Phi) is 7.05. The van der Waals surface area contributed by atoms with Gasteiger partial charge in [0.25, 0.3) is 0 Å². The van der Waals surface area contributed by atoms with E-state index in [1.54, 1.807) is 24.3 Å². The van der Waals surface area contributed by atoms with Gasteiger partial charge < -0.3 is 0 Å². The van der Waals surface area contributed by atoms with E-state index in [4.69, 9.17) is 0 Å². The van der Waals surface area contributed by atoms with Crippen molar-refractivity contribution < 1.29 is 39.5 Å². The summed E-state index contributed by atoms with van der Waals surface area (Å²) in [5.74, 6) is -18.9. The number of hydrogen-bond acceptors (Lipinski definition) is 0. The highest BCUT2D eigenvalue weighted by atomic mass is 127. The molecule has 0 bridgehead atoms. The zero-order chi connectivity index (χ0) is 21.5. The Balaban J connectivity index is 2.93. The molecular formula is C16H18F9ISi. The molecule has 0 fully saturated rings. The summed E-state index contributed by atoms with van der Waals surface area (Å²) in [6.07, 6.45) is -8.77. The molecule has 0 amide bonds. The van der Waals surface area contributed by atoms with E-state index in [1.807, 2.05) is 0 Å². The normalized spacial score (nSPS) is 15.7. The maximum absolute atomic E-state index is 13.7. The lowest BCUT2D eigenvalue weighted by Gasteiger charge is -2.34. The van der Waals surface area contributed by atoms with Crippen LogP contribution in [0.3, 0.4) is 0 Å². The minimum Gasteiger partial charge on any atom is -0.200 e. The van der Waals surface area contributed by atoms with Gasteiger partial charge in [-0.15, -0.1) is 0 Å². The topological polar surface area (TPSA) is 0 Å². The summed E-state index contributed by atoms with van der Waals surface area (Å²) in [5, 5.41) is 1.07. The number of rotatable bonds is 7. The fourth-order valence-corrected chi connectivity index (χ4v) is 4.51. The molecule has 1 atom stereocenters. The van der Waals surface area contributed by atoms with Crippen molar-refractivity contribution >= 4 is 35.9 Å². The maximum atomic E-state index is 13.7. The number of hydrogen-bond donors (Lipinski definition) is 0. The van der Waals surface area contributed by atoms with E-state index in [1.165, 1.54) is 22.6 Å². The molecule has 1 rings (SSSR count). The molecule has 11 heteroatoms. The molecule has 1 aromatic rings. The summed E-state index contributed by atoms with van der Waals surface area (Å²) in [7, 11) is -1.61. The van der Waals surface area contributed by atoms with Gasteiger partial charge in [0.2, 0.25) is 0 Å². The van der Waals surface area contributed by atoms with Gasteiger partial charge in [0.1, 0.15) is 0 Å². The molecule has 156 valence electrons. The molecule has 0 spiro atoms. The molecule has 0 saturated carbocycles. The van der Waals surface area contributed by atoms with Gasteiger partial charge >= 0.3 is 23.9 Å². The molecule has 0 nitrogen and oxygen atoms in total. The Morgan fingerprint density at radius 3 is 1.63 bits per heavy atom. The second kappa shape index (κ2) is 7.75. The molecule has 27 heavy (non-hydrogen) atoms. The molecule has 0 saturated heterocycles. The van der Waals surface area contributed by atoms with Crippen LogP contribution in [0.25, 0.3) is 0 Å². The summed E-state index contributed by atoms with van der Waals surface area (Å²) in [6.45, 7) is 6.23. The van der Waals surface area contributed by atoms with E-state index in [0.29, 0.717) is 5.56 Å². The largest absolute Gasteiger partial charge is 0.460 e. The first-order valence-electron chi connectivity index (χ1n) is 7.76.